The third-order valence-corrected chi connectivity index (χ3v) is 5.67. The number of likely N-dealkylation sites (N-methyl/N-ethyl adjacent to an activating group) is 1. The number of rotatable bonds is 5. The highest BCUT2D eigenvalue weighted by Gasteiger charge is 2.16. The number of nitrogens with zero attached hydrogens (tertiary/aromatic N) is 1. The number of fused-ring (bicyclic) bond motifs is 1. The predicted octanol–water partition coefficient (Wildman–Crippen LogP) is 5.25. The molecule has 5 nitrogen and oxygen atoms in total. The summed E-state index contributed by atoms with van der Waals surface area (Å²) in [5.41, 5.74) is 6.84. The number of aryl methyl sites for hydroxylation is 1. The maximum atomic E-state index is 11.7. The van der Waals surface area contributed by atoms with Crippen LogP contribution in [0.25, 0.3) is 28.2 Å². The minimum atomic E-state index is -0.0574. The van der Waals surface area contributed by atoms with Gasteiger partial charge in [-0.15, -0.1) is 0 Å². The smallest absolute Gasteiger partial charge is 0.246 e. The number of hydrogen-bond acceptors (Lipinski definition) is 3. The monoisotopic (exact) mass is 426 g/mol. The number of hydrogen-bond donors (Lipinski definition) is 3. The van der Waals surface area contributed by atoms with E-state index in [0.29, 0.717) is 6.42 Å². The minimum Gasteiger partial charge on any atom is -0.508 e. The lowest BCUT2D eigenvalue weighted by molar-refractivity contribution is -0.123. The molecular formula is C27H26N2O3. The van der Waals surface area contributed by atoms with Crippen LogP contribution in [0, 0.1) is 6.92 Å². The topological polar surface area (TPSA) is 76.6 Å². The zero-order chi connectivity index (χ0) is 22.8. The number of carbonyl (C=O) groups is 1. The van der Waals surface area contributed by atoms with Crippen LogP contribution in [0.4, 0.5) is 0 Å². The Bertz CT molecular complexity index is 1300. The van der Waals surface area contributed by atoms with Crippen molar-refractivity contribution in [2.75, 3.05) is 14.1 Å². The van der Waals surface area contributed by atoms with Gasteiger partial charge in [0, 0.05) is 48.8 Å². The SMILES string of the molecule is Cc1c(-c2ccc(O)cc2)[nH]c2ccc(O)c(Cc3ccc(C=CC(=O)N(C)C)cc3)c12. The molecule has 0 bridgehead atoms. The van der Waals surface area contributed by atoms with Crippen LogP contribution in [0.5, 0.6) is 11.5 Å². The summed E-state index contributed by atoms with van der Waals surface area (Å²) in [7, 11) is 3.44. The van der Waals surface area contributed by atoms with Crippen molar-refractivity contribution in [3.05, 3.63) is 89.0 Å². The van der Waals surface area contributed by atoms with E-state index >= 15 is 0 Å². The highest BCUT2D eigenvalue weighted by atomic mass is 16.3. The van der Waals surface area contributed by atoms with E-state index in [9.17, 15) is 15.0 Å². The van der Waals surface area contributed by atoms with Crippen LogP contribution in [0.3, 0.4) is 0 Å². The molecule has 3 aromatic carbocycles. The molecule has 1 amide bonds. The van der Waals surface area contributed by atoms with Crippen LogP contribution in [-0.2, 0) is 11.2 Å². The molecule has 0 aliphatic heterocycles. The number of phenolic OH excluding ortho intramolecular Hbond substituents is 2. The van der Waals surface area contributed by atoms with E-state index in [0.717, 1.165) is 44.4 Å². The largest absolute Gasteiger partial charge is 0.508 e. The standard InChI is InChI=1S/C27H26N2O3/c1-17-26-22(16-19-6-4-18(5-7-19)8-15-25(32)29(2)3)24(31)14-13-23(26)28-27(17)20-9-11-21(30)12-10-20/h4-15,28,30-31H,16H2,1-3H3. The van der Waals surface area contributed by atoms with Crippen molar-refractivity contribution < 1.29 is 15.0 Å². The lowest BCUT2D eigenvalue weighted by Crippen LogP contribution is -2.18. The van der Waals surface area contributed by atoms with Crippen LogP contribution in [0.1, 0.15) is 22.3 Å². The lowest BCUT2D eigenvalue weighted by Gasteiger charge is -2.09. The molecule has 0 saturated heterocycles. The van der Waals surface area contributed by atoms with Crippen LogP contribution in [0.15, 0.2) is 66.7 Å². The van der Waals surface area contributed by atoms with Crippen molar-refractivity contribution in [3.63, 3.8) is 0 Å². The summed E-state index contributed by atoms with van der Waals surface area (Å²) in [5, 5.41) is 21.3. The zero-order valence-electron chi connectivity index (χ0n) is 18.4. The fourth-order valence-electron chi connectivity index (χ4n) is 3.89. The van der Waals surface area contributed by atoms with Crippen molar-refractivity contribution in [2.45, 2.75) is 13.3 Å². The van der Waals surface area contributed by atoms with Gasteiger partial charge in [-0.25, -0.2) is 0 Å². The van der Waals surface area contributed by atoms with E-state index in [4.69, 9.17) is 0 Å². The first-order chi connectivity index (χ1) is 15.3. The molecule has 162 valence electrons. The Hall–Kier alpha value is -3.99. The first-order valence-electron chi connectivity index (χ1n) is 10.4. The first-order valence-corrected chi connectivity index (χ1v) is 10.4. The Kier molecular flexibility index (Phi) is 5.73. The summed E-state index contributed by atoms with van der Waals surface area (Å²) >= 11 is 0. The Morgan fingerprint density at radius 3 is 2.31 bits per heavy atom. The molecule has 4 aromatic rings. The van der Waals surface area contributed by atoms with E-state index < -0.39 is 0 Å². The second kappa shape index (κ2) is 8.63. The zero-order valence-corrected chi connectivity index (χ0v) is 18.4. The maximum absolute atomic E-state index is 11.7. The number of aromatic hydroxyl groups is 2. The average Bonchev–Trinajstić information content (AvgIpc) is 3.12. The molecule has 0 radical (unpaired) electrons. The summed E-state index contributed by atoms with van der Waals surface area (Å²) in [6, 6.07) is 18.7. The van der Waals surface area contributed by atoms with Crippen molar-refractivity contribution in [1.82, 2.24) is 9.88 Å². The summed E-state index contributed by atoms with van der Waals surface area (Å²) in [4.78, 5) is 16.7. The van der Waals surface area contributed by atoms with Gasteiger partial charge >= 0.3 is 0 Å². The van der Waals surface area contributed by atoms with E-state index in [-0.39, 0.29) is 17.4 Å². The maximum Gasteiger partial charge on any atom is 0.246 e. The van der Waals surface area contributed by atoms with Gasteiger partial charge in [0.05, 0.1) is 0 Å². The molecule has 0 spiro atoms. The number of benzene rings is 3. The summed E-state index contributed by atoms with van der Waals surface area (Å²) in [6.45, 7) is 2.04. The van der Waals surface area contributed by atoms with Crippen molar-refractivity contribution >= 4 is 22.9 Å². The van der Waals surface area contributed by atoms with Gasteiger partial charge in [0.2, 0.25) is 5.91 Å². The van der Waals surface area contributed by atoms with Gasteiger partial charge in [-0.2, -0.15) is 0 Å². The Labute approximate surface area is 187 Å². The van der Waals surface area contributed by atoms with E-state index in [1.54, 1.807) is 44.4 Å². The van der Waals surface area contributed by atoms with E-state index in [1.165, 1.54) is 4.90 Å². The molecule has 0 atom stereocenters. The molecule has 4 rings (SSSR count). The van der Waals surface area contributed by atoms with Crippen molar-refractivity contribution in [2.24, 2.45) is 0 Å². The second-order valence-corrected chi connectivity index (χ2v) is 8.14. The lowest BCUT2D eigenvalue weighted by atomic mass is 9.96. The minimum absolute atomic E-state index is 0.0574. The van der Waals surface area contributed by atoms with Crippen LogP contribution >= 0.6 is 0 Å². The van der Waals surface area contributed by atoms with E-state index in [2.05, 4.69) is 4.98 Å². The van der Waals surface area contributed by atoms with Crippen LogP contribution < -0.4 is 0 Å². The summed E-state index contributed by atoms with van der Waals surface area (Å²) in [5.74, 6) is 0.431. The normalized spacial score (nSPS) is 11.3. The number of nitrogens with one attached hydrogen (secondary N) is 1. The Morgan fingerprint density at radius 2 is 1.66 bits per heavy atom. The Morgan fingerprint density at radius 1 is 0.969 bits per heavy atom. The molecule has 3 N–H and O–H groups in total. The highest BCUT2D eigenvalue weighted by Crippen LogP contribution is 2.37. The molecule has 32 heavy (non-hydrogen) atoms. The highest BCUT2D eigenvalue weighted by molar-refractivity contribution is 5.95. The van der Waals surface area contributed by atoms with E-state index in [1.807, 2.05) is 49.4 Å². The first kappa shape index (κ1) is 21.2. The number of aromatic amines is 1. The Balaban J connectivity index is 1.66. The number of phenols is 2. The molecule has 1 heterocycles. The number of amides is 1. The fourth-order valence-corrected chi connectivity index (χ4v) is 3.89. The number of aromatic nitrogens is 1. The average molecular weight is 427 g/mol. The van der Waals surface area contributed by atoms with Crippen LogP contribution in [0.2, 0.25) is 0 Å². The molecular weight excluding hydrogens is 400 g/mol. The second-order valence-electron chi connectivity index (χ2n) is 8.14. The fraction of sp³-hybridized carbons (Fsp3) is 0.148. The number of H-pyrrole nitrogens is 1. The molecule has 0 saturated carbocycles. The summed E-state index contributed by atoms with van der Waals surface area (Å²) in [6.07, 6.45) is 3.93. The predicted molar refractivity (Wildman–Crippen MR) is 129 cm³/mol. The van der Waals surface area contributed by atoms with Gasteiger partial charge in [0.15, 0.2) is 0 Å². The van der Waals surface area contributed by atoms with Gasteiger partial charge in [0.1, 0.15) is 11.5 Å². The molecule has 0 aliphatic rings. The number of carbonyl (C=O) groups excluding carboxylic acids is 1. The van der Waals surface area contributed by atoms with Crippen molar-refractivity contribution in [1.29, 1.82) is 0 Å². The van der Waals surface area contributed by atoms with Gasteiger partial charge in [-0.1, -0.05) is 24.3 Å². The molecule has 0 unspecified atom stereocenters. The van der Waals surface area contributed by atoms with Gasteiger partial charge in [-0.05, 0) is 71.7 Å². The molecule has 0 fully saturated rings. The van der Waals surface area contributed by atoms with Crippen LogP contribution in [-0.4, -0.2) is 40.1 Å². The van der Waals surface area contributed by atoms with Gasteiger partial charge in [0.25, 0.3) is 0 Å². The summed E-state index contributed by atoms with van der Waals surface area (Å²) < 4.78 is 0. The third kappa shape index (κ3) is 4.23. The van der Waals surface area contributed by atoms with Crippen molar-refractivity contribution in [3.8, 4) is 22.8 Å². The molecule has 0 aliphatic carbocycles. The molecule has 1 aromatic heterocycles. The molecule has 5 heteroatoms. The van der Waals surface area contributed by atoms with Gasteiger partial charge < -0.3 is 20.1 Å². The van der Waals surface area contributed by atoms with Gasteiger partial charge in [-0.3, -0.25) is 4.79 Å². The third-order valence-electron chi connectivity index (χ3n) is 5.67. The quantitative estimate of drug-likeness (QED) is 0.382.